The lowest BCUT2D eigenvalue weighted by atomic mass is 10.0. The van der Waals surface area contributed by atoms with Crippen molar-refractivity contribution in [3.05, 3.63) is 28.8 Å². The first-order valence-corrected chi connectivity index (χ1v) is 5.44. The molecule has 0 aromatic heterocycles. The fraction of sp³-hybridized carbons (Fsp3) is 0.273. The van der Waals surface area contributed by atoms with Crippen LogP contribution in [0.1, 0.15) is 21.5 Å². The molecule has 78 valence electrons. The molecule has 15 heavy (non-hydrogen) atoms. The Bertz CT molecular complexity index is 435. The van der Waals surface area contributed by atoms with E-state index in [2.05, 4.69) is 15.9 Å². The number of benzene rings is 1. The molecule has 0 unspecified atom stereocenters. The van der Waals surface area contributed by atoms with Crippen LogP contribution in [0.2, 0.25) is 0 Å². The van der Waals surface area contributed by atoms with Crippen molar-refractivity contribution >= 4 is 21.7 Å². The average molecular weight is 268 g/mol. The van der Waals surface area contributed by atoms with Gasteiger partial charge in [0.05, 0.1) is 29.6 Å². The van der Waals surface area contributed by atoms with E-state index in [-0.39, 0.29) is 11.1 Å². The summed E-state index contributed by atoms with van der Waals surface area (Å²) in [4.78, 5) is 11.6. The number of ketones is 1. The molecule has 0 saturated carbocycles. The monoisotopic (exact) mass is 267 g/mol. The van der Waals surface area contributed by atoms with Crippen molar-refractivity contribution in [2.24, 2.45) is 0 Å². The van der Waals surface area contributed by atoms with E-state index in [9.17, 15) is 4.79 Å². The third-order valence-corrected chi connectivity index (χ3v) is 2.54. The zero-order valence-corrected chi connectivity index (χ0v) is 10.1. The number of hydrogen-bond acceptors (Lipinski definition) is 3. The zero-order valence-electron chi connectivity index (χ0n) is 8.50. The maximum absolute atomic E-state index is 11.6. The fourth-order valence-corrected chi connectivity index (χ4v) is 1.69. The van der Waals surface area contributed by atoms with E-state index < -0.39 is 0 Å². The Morgan fingerprint density at radius 3 is 2.73 bits per heavy atom. The van der Waals surface area contributed by atoms with Crippen LogP contribution in [0.15, 0.2) is 12.1 Å². The van der Waals surface area contributed by atoms with Crippen LogP contribution < -0.4 is 4.74 Å². The Morgan fingerprint density at radius 1 is 1.60 bits per heavy atom. The van der Waals surface area contributed by atoms with Gasteiger partial charge in [0.25, 0.3) is 0 Å². The fourth-order valence-electron chi connectivity index (χ4n) is 1.39. The lowest BCUT2D eigenvalue weighted by Crippen LogP contribution is -2.05. The predicted molar refractivity (Wildman–Crippen MR) is 60.6 cm³/mol. The molecule has 4 heteroatoms. The smallest absolute Gasteiger partial charge is 0.177 e. The van der Waals surface area contributed by atoms with Crippen molar-refractivity contribution in [1.29, 1.82) is 5.26 Å². The molecule has 0 amide bonds. The van der Waals surface area contributed by atoms with Gasteiger partial charge in [-0.3, -0.25) is 4.79 Å². The number of alkyl halides is 1. The lowest BCUT2D eigenvalue weighted by Gasteiger charge is -2.09. The third-order valence-electron chi connectivity index (χ3n) is 2.03. The summed E-state index contributed by atoms with van der Waals surface area (Å²) in [6, 6.07) is 5.26. The summed E-state index contributed by atoms with van der Waals surface area (Å²) >= 11 is 3.10. The van der Waals surface area contributed by atoms with Crippen LogP contribution in [-0.4, -0.2) is 18.2 Å². The molecule has 3 nitrogen and oxygen atoms in total. The quantitative estimate of drug-likeness (QED) is 0.625. The Labute approximate surface area is 96.8 Å². The highest BCUT2D eigenvalue weighted by atomic mass is 79.9. The molecule has 1 aromatic carbocycles. The second-order valence-corrected chi connectivity index (χ2v) is 3.60. The Balaban J connectivity index is 3.40. The summed E-state index contributed by atoms with van der Waals surface area (Å²) < 4.78 is 5.15. The largest absolute Gasteiger partial charge is 0.496 e. The normalized spacial score (nSPS) is 9.47. The number of rotatable bonds is 3. The minimum Gasteiger partial charge on any atom is -0.496 e. The summed E-state index contributed by atoms with van der Waals surface area (Å²) in [6.45, 7) is 1.81. The van der Waals surface area contributed by atoms with E-state index >= 15 is 0 Å². The van der Waals surface area contributed by atoms with Gasteiger partial charge >= 0.3 is 0 Å². The molecule has 0 saturated heterocycles. The van der Waals surface area contributed by atoms with E-state index in [0.29, 0.717) is 16.9 Å². The van der Waals surface area contributed by atoms with Crippen LogP contribution in [0.4, 0.5) is 0 Å². The third kappa shape index (κ3) is 2.37. The number of methoxy groups -OCH3 is 1. The second-order valence-electron chi connectivity index (χ2n) is 3.04. The van der Waals surface area contributed by atoms with Crippen molar-refractivity contribution in [3.8, 4) is 11.8 Å². The molecule has 0 radical (unpaired) electrons. The van der Waals surface area contributed by atoms with Crippen LogP contribution in [0, 0.1) is 18.3 Å². The average Bonchev–Trinajstić information content (AvgIpc) is 2.26. The number of carbonyl (C=O) groups excluding carboxylic acids is 1. The van der Waals surface area contributed by atoms with E-state index in [0.717, 1.165) is 5.56 Å². The molecule has 0 fully saturated rings. The van der Waals surface area contributed by atoms with E-state index in [1.807, 2.05) is 13.0 Å². The zero-order chi connectivity index (χ0) is 11.4. The van der Waals surface area contributed by atoms with Gasteiger partial charge in [0.15, 0.2) is 5.78 Å². The Morgan fingerprint density at radius 2 is 2.27 bits per heavy atom. The van der Waals surface area contributed by atoms with Crippen molar-refractivity contribution in [2.75, 3.05) is 12.4 Å². The predicted octanol–water partition coefficient (Wildman–Crippen LogP) is 2.45. The van der Waals surface area contributed by atoms with Gasteiger partial charge < -0.3 is 4.74 Å². The molecule has 0 heterocycles. The number of Topliss-reactive ketones (excluding diaryl/α,β-unsaturated/α-hetero) is 1. The molecule has 0 atom stereocenters. The first-order chi connectivity index (χ1) is 7.13. The van der Waals surface area contributed by atoms with Crippen LogP contribution in [-0.2, 0) is 0 Å². The highest BCUT2D eigenvalue weighted by Crippen LogP contribution is 2.25. The van der Waals surface area contributed by atoms with E-state index in [1.54, 1.807) is 12.1 Å². The van der Waals surface area contributed by atoms with Gasteiger partial charge in [0.2, 0.25) is 0 Å². The molecule has 0 spiro atoms. The van der Waals surface area contributed by atoms with Gasteiger partial charge in [-0.1, -0.05) is 15.9 Å². The van der Waals surface area contributed by atoms with Gasteiger partial charge in [-0.15, -0.1) is 0 Å². The minimum atomic E-state index is -0.0907. The summed E-state index contributed by atoms with van der Waals surface area (Å²) in [7, 11) is 1.51. The Kier molecular flexibility index (Phi) is 3.87. The number of halogens is 1. The first kappa shape index (κ1) is 11.7. The van der Waals surface area contributed by atoms with Crippen molar-refractivity contribution < 1.29 is 9.53 Å². The number of hydrogen-bond donors (Lipinski definition) is 0. The van der Waals surface area contributed by atoms with Crippen LogP contribution in [0.3, 0.4) is 0 Å². The van der Waals surface area contributed by atoms with Crippen molar-refractivity contribution in [3.63, 3.8) is 0 Å². The summed E-state index contributed by atoms with van der Waals surface area (Å²) in [6.07, 6.45) is 0. The van der Waals surface area contributed by atoms with Crippen LogP contribution in [0.25, 0.3) is 0 Å². The first-order valence-electron chi connectivity index (χ1n) is 4.32. The Hall–Kier alpha value is -1.34. The minimum absolute atomic E-state index is 0.0907. The number of nitrogens with zero attached hydrogens (tertiary/aromatic N) is 1. The number of aryl methyl sites for hydroxylation is 1. The SMILES string of the molecule is COc1c(C)cc(C#N)cc1C(=O)CBr. The second kappa shape index (κ2) is 4.94. The van der Waals surface area contributed by atoms with E-state index in [1.165, 1.54) is 7.11 Å². The lowest BCUT2D eigenvalue weighted by molar-refractivity contribution is 0.102. The van der Waals surface area contributed by atoms with Crippen molar-refractivity contribution in [1.82, 2.24) is 0 Å². The van der Waals surface area contributed by atoms with Crippen LogP contribution >= 0.6 is 15.9 Å². The molecular weight excluding hydrogens is 258 g/mol. The highest BCUT2D eigenvalue weighted by Gasteiger charge is 2.14. The molecule has 0 N–H and O–H groups in total. The van der Waals surface area contributed by atoms with Gasteiger partial charge in [-0.25, -0.2) is 0 Å². The molecular formula is C11H10BrNO2. The summed E-state index contributed by atoms with van der Waals surface area (Å²) in [5.41, 5.74) is 1.71. The summed E-state index contributed by atoms with van der Waals surface area (Å²) in [5.74, 6) is 0.450. The highest BCUT2D eigenvalue weighted by molar-refractivity contribution is 9.09. The topological polar surface area (TPSA) is 50.1 Å². The van der Waals surface area contributed by atoms with Gasteiger partial charge in [-0.2, -0.15) is 5.26 Å². The van der Waals surface area contributed by atoms with Gasteiger partial charge in [0, 0.05) is 0 Å². The number of nitriles is 1. The van der Waals surface area contributed by atoms with E-state index in [4.69, 9.17) is 10.00 Å². The molecule has 0 bridgehead atoms. The molecule has 1 rings (SSSR count). The molecule has 0 aliphatic carbocycles. The maximum Gasteiger partial charge on any atom is 0.177 e. The maximum atomic E-state index is 11.6. The standard InChI is InChI=1S/C11H10BrNO2/c1-7-3-8(6-13)4-9(10(14)5-12)11(7)15-2/h3-4H,5H2,1-2H3. The number of ether oxygens (including phenoxy) is 1. The van der Waals surface area contributed by atoms with Crippen LogP contribution in [0.5, 0.6) is 5.75 Å². The number of carbonyl (C=O) groups is 1. The molecule has 0 aliphatic heterocycles. The van der Waals surface area contributed by atoms with Gasteiger partial charge in [0.1, 0.15) is 5.75 Å². The summed E-state index contributed by atoms with van der Waals surface area (Å²) in [5, 5.41) is 9.01. The van der Waals surface area contributed by atoms with Crippen molar-refractivity contribution in [2.45, 2.75) is 6.92 Å². The molecule has 1 aromatic rings. The molecule has 0 aliphatic rings. The van der Waals surface area contributed by atoms with Gasteiger partial charge in [-0.05, 0) is 24.6 Å².